The number of hydrogen-bond acceptors (Lipinski definition) is 1. The van der Waals surface area contributed by atoms with Crippen LogP contribution in [0.3, 0.4) is 0 Å². The fraction of sp³-hybridized carbons (Fsp3) is 1.00. The summed E-state index contributed by atoms with van der Waals surface area (Å²) in [5, 5.41) is 1.00. The minimum absolute atomic E-state index is 0.207. The number of rotatable bonds is 8. The van der Waals surface area contributed by atoms with E-state index in [-0.39, 0.29) is 6.42 Å². The Morgan fingerprint density at radius 2 is 1.60 bits per heavy atom. The van der Waals surface area contributed by atoms with E-state index in [1.807, 2.05) is 11.9 Å². The van der Waals surface area contributed by atoms with Crippen LogP contribution in [-0.2, 0) is 0 Å². The van der Waals surface area contributed by atoms with Crippen LogP contribution >= 0.6 is 15.9 Å². The molecule has 5 heteroatoms. The van der Waals surface area contributed by atoms with Crippen molar-refractivity contribution < 1.29 is 13.2 Å². The first-order chi connectivity index (χ1) is 6.95. The van der Waals surface area contributed by atoms with Crippen molar-refractivity contribution in [2.24, 2.45) is 0 Å². The maximum Gasteiger partial charge on any atom is 0.389 e. The maximum atomic E-state index is 11.8. The van der Waals surface area contributed by atoms with Crippen molar-refractivity contribution in [1.82, 2.24) is 4.90 Å². The number of alkyl halides is 4. The summed E-state index contributed by atoms with van der Waals surface area (Å²) in [5.74, 6) is 0. The van der Waals surface area contributed by atoms with Gasteiger partial charge in [-0.15, -0.1) is 0 Å². The molecule has 0 bridgehead atoms. The highest BCUT2D eigenvalue weighted by atomic mass is 79.9. The second-order valence-corrected chi connectivity index (χ2v) is 4.56. The second-order valence-electron chi connectivity index (χ2n) is 3.77. The summed E-state index contributed by atoms with van der Waals surface area (Å²) in [6.07, 6.45) is -1.13. The van der Waals surface area contributed by atoms with Gasteiger partial charge >= 0.3 is 6.18 Å². The summed E-state index contributed by atoms with van der Waals surface area (Å²) in [7, 11) is 1.88. The third-order valence-electron chi connectivity index (χ3n) is 2.17. The van der Waals surface area contributed by atoms with Gasteiger partial charge in [-0.3, -0.25) is 0 Å². The predicted octanol–water partition coefficient (Wildman–Crippen LogP) is 3.83. The average molecular weight is 290 g/mol. The van der Waals surface area contributed by atoms with Gasteiger partial charge in [-0.05, 0) is 39.4 Å². The van der Waals surface area contributed by atoms with Gasteiger partial charge in [0.2, 0.25) is 0 Å². The van der Waals surface area contributed by atoms with Crippen molar-refractivity contribution >= 4 is 15.9 Å². The fourth-order valence-electron chi connectivity index (χ4n) is 1.31. The number of halogens is 4. The molecule has 92 valence electrons. The standard InChI is InChI=1S/C10H19BrF3N/c1-15(8-4-2-3-7-11)9-5-6-10(12,13)14/h2-9H2,1H3. The van der Waals surface area contributed by atoms with Gasteiger partial charge < -0.3 is 4.90 Å². The molecule has 15 heavy (non-hydrogen) atoms. The largest absolute Gasteiger partial charge is 0.389 e. The van der Waals surface area contributed by atoms with Crippen LogP contribution in [0.5, 0.6) is 0 Å². The molecule has 0 aromatic rings. The molecule has 0 N–H and O–H groups in total. The molecule has 0 rings (SSSR count). The van der Waals surface area contributed by atoms with Crippen LogP contribution in [0, 0.1) is 0 Å². The van der Waals surface area contributed by atoms with Gasteiger partial charge in [0.15, 0.2) is 0 Å². The van der Waals surface area contributed by atoms with E-state index < -0.39 is 12.6 Å². The SMILES string of the molecule is CN(CCCCCBr)CCCC(F)(F)F. The Bertz CT molecular complexity index is 150. The Hall–Kier alpha value is 0.230. The van der Waals surface area contributed by atoms with Crippen molar-refractivity contribution in [1.29, 1.82) is 0 Å². The van der Waals surface area contributed by atoms with Crippen LogP contribution in [0.2, 0.25) is 0 Å². The molecule has 0 saturated heterocycles. The minimum atomic E-state index is -4.00. The van der Waals surface area contributed by atoms with Gasteiger partial charge in [-0.2, -0.15) is 13.2 Å². The zero-order valence-corrected chi connectivity index (χ0v) is 10.7. The van der Waals surface area contributed by atoms with Gasteiger partial charge in [-0.1, -0.05) is 22.4 Å². The molecule has 0 aliphatic heterocycles. The van der Waals surface area contributed by atoms with Gasteiger partial charge in [-0.25, -0.2) is 0 Å². The molecule has 0 heterocycles. The Morgan fingerprint density at radius 1 is 1.00 bits per heavy atom. The molecule has 0 aliphatic carbocycles. The smallest absolute Gasteiger partial charge is 0.306 e. The summed E-state index contributed by atoms with van der Waals surface area (Å²) in [5.41, 5.74) is 0. The summed E-state index contributed by atoms with van der Waals surface area (Å²) in [6.45, 7) is 1.43. The van der Waals surface area contributed by atoms with Gasteiger partial charge in [0.1, 0.15) is 0 Å². The summed E-state index contributed by atoms with van der Waals surface area (Å²) in [6, 6.07) is 0. The van der Waals surface area contributed by atoms with Gasteiger partial charge in [0.05, 0.1) is 0 Å². The zero-order chi connectivity index (χ0) is 11.7. The molecule has 0 aromatic heterocycles. The quantitative estimate of drug-likeness (QED) is 0.485. The van der Waals surface area contributed by atoms with Crippen molar-refractivity contribution in [2.45, 2.75) is 38.3 Å². The lowest BCUT2D eigenvalue weighted by Gasteiger charge is -2.16. The Labute approximate surface area is 98.1 Å². The molecular formula is C10H19BrF3N. The summed E-state index contributed by atoms with van der Waals surface area (Å²) in [4.78, 5) is 1.97. The topological polar surface area (TPSA) is 3.24 Å². The first-order valence-electron chi connectivity index (χ1n) is 5.27. The van der Waals surface area contributed by atoms with E-state index in [2.05, 4.69) is 15.9 Å². The number of hydrogen-bond donors (Lipinski definition) is 0. The summed E-state index contributed by atoms with van der Waals surface area (Å²) >= 11 is 3.34. The highest BCUT2D eigenvalue weighted by Crippen LogP contribution is 2.21. The molecule has 0 spiro atoms. The minimum Gasteiger partial charge on any atom is -0.306 e. The molecule has 0 aliphatic rings. The highest BCUT2D eigenvalue weighted by molar-refractivity contribution is 9.09. The van der Waals surface area contributed by atoms with Crippen LogP contribution < -0.4 is 0 Å². The van der Waals surface area contributed by atoms with Crippen molar-refractivity contribution in [2.75, 3.05) is 25.5 Å². The molecule has 0 fully saturated rings. The Morgan fingerprint density at radius 3 is 2.13 bits per heavy atom. The Kier molecular flexibility index (Phi) is 8.52. The maximum absolute atomic E-state index is 11.8. The second kappa shape index (κ2) is 8.39. The number of unbranched alkanes of at least 4 members (excludes halogenated alkanes) is 2. The molecular weight excluding hydrogens is 271 g/mol. The van der Waals surface area contributed by atoms with Crippen LogP contribution in [0.15, 0.2) is 0 Å². The molecule has 0 aromatic carbocycles. The lowest BCUT2D eigenvalue weighted by molar-refractivity contribution is -0.136. The molecule has 0 atom stereocenters. The normalized spacial score (nSPS) is 12.4. The van der Waals surface area contributed by atoms with Crippen LogP contribution in [0.1, 0.15) is 32.1 Å². The lowest BCUT2D eigenvalue weighted by Crippen LogP contribution is -2.22. The molecule has 0 amide bonds. The summed E-state index contributed by atoms with van der Waals surface area (Å²) < 4.78 is 35.5. The average Bonchev–Trinajstić information content (AvgIpc) is 2.10. The molecule has 0 radical (unpaired) electrons. The van der Waals surface area contributed by atoms with E-state index in [9.17, 15) is 13.2 Å². The monoisotopic (exact) mass is 289 g/mol. The molecule has 1 nitrogen and oxygen atoms in total. The van der Waals surface area contributed by atoms with Crippen molar-refractivity contribution in [3.63, 3.8) is 0 Å². The first kappa shape index (κ1) is 15.2. The Balaban J connectivity index is 3.29. The predicted molar refractivity (Wildman–Crippen MR) is 60.4 cm³/mol. The third-order valence-corrected chi connectivity index (χ3v) is 2.73. The zero-order valence-electron chi connectivity index (χ0n) is 9.12. The molecule has 0 unspecified atom stereocenters. The lowest BCUT2D eigenvalue weighted by atomic mass is 10.2. The fourth-order valence-corrected chi connectivity index (χ4v) is 1.71. The van der Waals surface area contributed by atoms with Gasteiger partial charge in [0.25, 0.3) is 0 Å². The van der Waals surface area contributed by atoms with Crippen LogP contribution in [0.25, 0.3) is 0 Å². The van der Waals surface area contributed by atoms with E-state index in [0.29, 0.717) is 6.54 Å². The first-order valence-corrected chi connectivity index (χ1v) is 6.39. The van der Waals surface area contributed by atoms with E-state index in [1.165, 1.54) is 0 Å². The van der Waals surface area contributed by atoms with Crippen molar-refractivity contribution in [3.8, 4) is 0 Å². The van der Waals surface area contributed by atoms with E-state index in [0.717, 1.165) is 31.1 Å². The van der Waals surface area contributed by atoms with Gasteiger partial charge in [0, 0.05) is 11.8 Å². The highest BCUT2D eigenvalue weighted by Gasteiger charge is 2.26. The van der Waals surface area contributed by atoms with E-state index >= 15 is 0 Å². The molecule has 0 saturated carbocycles. The van der Waals surface area contributed by atoms with Crippen LogP contribution in [0.4, 0.5) is 13.2 Å². The van der Waals surface area contributed by atoms with E-state index in [1.54, 1.807) is 0 Å². The van der Waals surface area contributed by atoms with Crippen LogP contribution in [-0.4, -0.2) is 36.5 Å². The number of nitrogens with zero attached hydrogens (tertiary/aromatic N) is 1. The van der Waals surface area contributed by atoms with Crippen molar-refractivity contribution in [3.05, 3.63) is 0 Å². The van der Waals surface area contributed by atoms with E-state index in [4.69, 9.17) is 0 Å². The third kappa shape index (κ3) is 12.2.